The molecule has 0 saturated carbocycles. The van der Waals surface area contributed by atoms with E-state index in [1.165, 1.54) is 28.6 Å². The van der Waals surface area contributed by atoms with Gasteiger partial charge in [0.05, 0.1) is 22.7 Å². The number of benzene rings is 1. The summed E-state index contributed by atoms with van der Waals surface area (Å²) in [5.74, 6) is -1.14. The summed E-state index contributed by atoms with van der Waals surface area (Å²) in [5.41, 5.74) is 0.0786. The van der Waals surface area contributed by atoms with E-state index in [1.807, 2.05) is 27.7 Å². The van der Waals surface area contributed by atoms with E-state index in [9.17, 15) is 18.0 Å². The lowest BCUT2D eigenvalue weighted by Crippen LogP contribution is -2.48. The Bertz CT molecular complexity index is 816. The first-order chi connectivity index (χ1) is 13.6. The first-order valence-corrected chi connectivity index (χ1v) is 11.3. The average molecular weight is 427 g/mol. The van der Waals surface area contributed by atoms with Crippen molar-refractivity contribution in [3.63, 3.8) is 0 Å². The third-order valence-electron chi connectivity index (χ3n) is 4.56. The maximum Gasteiger partial charge on any atom is 0.338 e. The molecule has 1 heterocycles. The van der Waals surface area contributed by atoms with Gasteiger partial charge in [-0.15, -0.1) is 0 Å². The zero-order chi connectivity index (χ0) is 21.6. The molecule has 1 aliphatic heterocycles. The molecule has 1 amide bonds. The van der Waals surface area contributed by atoms with Gasteiger partial charge in [0, 0.05) is 19.1 Å². The Morgan fingerprint density at radius 2 is 1.93 bits per heavy atom. The van der Waals surface area contributed by atoms with Gasteiger partial charge in [0.1, 0.15) is 0 Å². The van der Waals surface area contributed by atoms with E-state index in [1.54, 1.807) is 0 Å². The van der Waals surface area contributed by atoms with Crippen molar-refractivity contribution in [2.45, 2.75) is 63.7 Å². The maximum atomic E-state index is 13.0. The largest absolute Gasteiger partial charge is 0.452 e. The summed E-state index contributed by atoms with van der Waals surface area (Å²) in [4.78, 5) is 24.2. The van der Waals surface area contributed by atoms with E-state index in [2.05, 4.69) is 5.32 Å². The summed E-state index contributed by atoms with van der Waals surface area (Å²) in [5, 5.41) is 2.74. The second-order valence-corrected chi connectivity index (χ2v) is 9.38. The van der Waals surface area contributed by atoms with E-state index in [0.29, 0.717) is 0 Å². The molecule has 9 heteroatoms. The fraction of sp³-hybridized carbons (Fsp3) is 0.600. The monoisotopic (exact) mass is 426 g/mol. The molecule has 1 saturated heterocycles. The molecular formula is C20H30N2O6S. The van der Waals surface area contributed by atoms with Gasteiger partial charge < -0.3 is 14.8 Å². The third kappa shape index (κ3) is 6.52. The van der Waals surface area contributed by atoms with Gasteiger partial charge >= 0.3 is 5.97 Å². The number of hydrogen-bond donors (Lipinski definition) is 1. The van der Waals surface area contributed by atoms with Crippen LogP contribution in [0.4, 0.5) is 0 Å². The zero-order valence-corrected chi connectivity index (χ0v) is 18.2. The van der Waals surface area contributed by atoms with Crippen molar-refractivity contribution in [1.29, 1.82) is 0 Å². The molecule has 0 bridgehead atoms. The van der Waals surface area contributed by atoms with Crippen LogP contribution in [0.2, 0.25) is 0 Å². The van der Waals surface area contributed by atoms with Crippen molar-refractivity contribution >= 4 is 21.9 Å². The summed E-state index contributed by atoms with van der Waals surface area (Å²) in [6, 6.07) is 5.66. The van der Waals surface area contributed by atoms with Crippen LogP contribution in [0.3, 0.4) is 0 Å². The SMILES string of the molecule is CCC[C@@H](C)NC(=O)COC(=O)c1cccc(S(=O)(=O)N2C[C@@H](C)O[C@@H](C)C2)c1. The van der Waals surface area contributed by atoms with Crippen molar-refractivity contribution in [2.24, 2.45) is 0 Å². The molecule has 0 radical (unpaired) electrons. The predicted molar refractivity (Wildman–Crippen MR) is 108 cm³/mol. The highest BCUT2D eigenvalue weighted by Gasteiger charge is 2.32. The highest BCUT2D eigenvalue weighted by atomic mass is 32.2. The minimum absolute atomic E-state index is 0.00187. The summed E-state index contributed by atoms with van der Waals surface area (Å²) in [6.45, 7) is 7.61. The Hall–Kier alpha value is -1.97. The van der Waals surface area contributed by atoms with Crippen LogP contribution in [0.15, 0.2) is 29.2 Å². The molecule has 1 aromatic rings. The van der Waals surface area contributed by atoms with Gasteiger partial charge in [0.15, 0.2) is 6.61 Å². The fourth-order valence-corrected chi connectivity index (χ4v) is 4.93. The van der Waals surface area contributed by atoms with Crippen LogP contribution in [0.25, 0.3) is 0 Å². The zero-order valence-electron chi connectivity index (χ0n) is 17.4. The van der Waals surface area contributed by atoms with Crippen LogP contribution in [0, 0.1) is 0 Å². The molecule has 8 nitrogen and oxygen atoms in total. The van der Waals surface area contributed by atoms with Crippen molar-refractivity contribution in [3.8, 4) is 0 Å². The first-order valence-electron chi connectivity index (χ1n) is 9.85. The van der Waals surface area contributed by atoms with E-state index in [4.69, 9.17) is 9.47 Å². The fourth-order valence-electron chi connectivity index (χ4n) is 3.30. The number of morpholine rings is 1. The topological polar surface area (TPSA) is 102 Å². The first kappa shape index (κ1) is 23.3. The van der Waals surface area contributed by atoms with E-state index in [-0.39, 0.29) is 47.7 Å². The van der Waals surface area contributed by atoms with E-state index < -0.39 is 22.6 Å². The smallest absolute Gasteiger partial charge is 0.338 e. The third-order valence-corrected chi connectivity index (χ3v) is 6.38. The van der Waals surface area contributed by atoms with Crippen molar-refractivity contribution in [1.82, 2.24) is 9.62 Å². The number of amides is 1. The quantitative estimate of drug-likeness (QED) is 0.638. The number of carbonyl (C=O) groups excluding carboxylic acids is 2. The Kier molecular flexibility index (Phi) is 8.18. The Labute approximate surface area is 172 Å². The average Bonchev–Trinajstić information content (AvgIpc) is 2.65. The van der Waals surface area contributed by atoms with Gasteiger partial charge in [-0.25, -0.2) is 13.2 Å². The Morgan fingerprint density at radius 3 is 2.55 bits per heavy atom. The minimum Gasteiger partial charge on any atom is -0.452 e. The summed E-state index contributed by atoms with van der Waals surface area (Å²) < 4.78 is 37.9. The van der Waals surface area contributed by atoms with Crippen LogP contribution >= 0.6 is 0 Å². The van der Waals surface area contributed by atoms with Gasteiger partial charge in [-0.05, 0) is 45.4 Å². The van der Waals surface area contributed by atoms with Crippen LogP contribution in [-0.4, -0.2) is 62.5 Å². The Morgan fingerprint density at radius 1 is 1.28 bits per heavy atom. The van der Waals surface area contributed by atoms with E-state index in [0.717, 1.165) is 12.8 Å². The summed E-state index contributed by atoms with van der Waals surface area (Å²) in [6.07, 6.45) is 1.34. The predicted octanol–water partition coefficient (Wildman–Crippen LogP) is 1.95. The van der Waals surface area contributed by atoms with Crippen LogP contribution < -0.4 is 5.32 Å². The maximum absolute atomic E-state index is 13.0. The molecule has 0 unspecified atom stereocenters. The van der Waals surface area contributed by atoms with Crippen molar-refractivity contribution in [3.05, 3.63) is 29.8 Å². The second kappa shape index (κ2) is 10.2. The molecule has 1 aromatic carbocycles. The lowest BCUT2D eigenvalue weighted by atomic mass is 10.2. The molecule has 0 aliphatic carbocycles. The van der Waals surface area contributed by atoms with Crippen molar-refractivity contribution < 1.29 is 27.5 Å². The second-order valence-electron chi connectivity index (χ2n) is 7.44. The molecular weight excluding hydrogens is 396 g/mol. The van der Waals surface area contributed by atoms with Gasteiger partial charge in [-0.1, -0.05) is 19.4 Å². The lowest BCUT2D eigenvalue weighted by molar-refractivity contribution is -0.124. The number of hydrogen-bond acceptors (Lipinski definition) is 6. The molecule has 1 N–H and O–H groups in total. The highest BCUT2D eigenvalue weighted by molar-refractivity contribution is 7.89. The molecule has 0 spiro atoms. The van der Waals surface area contributed by atoms with E-state index >= 15 is 0 Å². The van der Waals surface area contributed by atoms with Crippen molar-refractivity contribution in [2.75, 3.05) is 19.7 Å². The number of ether oxygens (including phenoxy) is 2. The molecule has 2 rings (SSSR count). The normalized spacial score (nSPS) is 21.4. The molecule has 0 aromatic heterocycles. The molecule has 29 heavy (non-hydrogen) atoms. The number of rotatable bonds is 8. The number of nitrogens with zero attached hydrogens (tertiary/aromatic N) is 1. The summed E-state index contributed by atoms with van der Waals surface area (Å²) >= 11 is 0. The van der Waals surface area contributed by atoms with Gasteiger partial charge in [-0.2, -0.15) is 4.31 Å². The lowest BCUT2D eigenvalue weighted by Gasteiger charge is -2.34. The molecule has 1 aliphatic rings. The van der Waals surface area contributed by atoms with Crippen LogP contribution in [0.1, 0.15) is 50.9 Å². The molecule has 1 fully saturated rings. The number of sulfonamides is 1. The van der Waals surface area contributed by atoms with Crippen LogP contribution in [0.5, 0.6) is 0 Å². The highest BCUT2D eigenvalue weighted by Crippen LogP contribution is 2.22. The van der Waals surface area contributed by atoms with Gasteiger partial charge in [0.2, 0.25) is 10.0 Å². The number of carbonyl (C=O) groups is 2. The minimum atomic E-state index is -3.77. The van der Waals surface area contributed by atoms with Gasteiger partial charge in [-0.3, -0.25) is 4.79 Å². The number of nitrogens with one attached hydrogen (secondary N) is 1. The molecule has 162 valence electrons. The van der Waals surface area contributed by atoms with Gasteiger partial charge in [0.25, 0.3) is 5.91 Å². The summed E-state index contributed by atoms with van der Waals surface area (Å²) in [7, 11) is -3.77. The number of esters is 1. The molecule has 3 atom stereocenters. The van der Waals surface area contributed by atoms with Crippen LogP contribution in [-0.2, 0) is 24.3 Å². The standard InChI is InChI=1S/C20H30N2O6S/c1-5-7-14(2)21-19(23)13-27-20(24)17-8-6-9-18(10-17)29(25,26)22-11-15(3)28-16(4)12-22/h6,8-10,14-16H,5,7,11-13H2,1-4H3,(H,21,23)/t14-,15-,16+/m1/s1. The Balaban J connectivity index is 2.04.